The maximum absolute atomic E-state index is 11.3. The molecule has 0 aromatic rings. The van der Waals surface area contributed by atoms with Gasteiger partial charge in [0.2, 0.25) is 5.91 Å². The minimum absolute atomic E-state index is 0.0659. The van der Waals surface area contributed by atoms with Crippen molar-refractivity contribution in [1.82, 2.24) is 5.32 Å². The standard InChI is InChI=1S/C10H14N2O5/c1-2-3-7(10(16)17)12-8(13)5-4-6(11)9(14)15/h1,6-7H,3-5,11H2,(H,12,13)(H,14,15)(H,16,17)/t6-,7-/m0/s1. The van der Waals surface area contributed by atoms with Gasteiger partial charge in [0.25, 0.3) is 0 Å². The van der Waals surface area contributed by atoms with Crippen molar-refractivity contribution in [2.75, 3.05) is 0 Å². The third kappa shape index (κ3) is 6.17. The zero-order valence-electron chi connectivity index (χ0n) is 9.05. The molecule has 17 heavy (non-hydrogen) atoms. The van der Waals surface area contributed by atoms with Crippen molar-refractivity contribution in [1.29, 1.82) is 0 Å². The largest absolute Gasteiger partial charge is 0.480 e. The fourth-order valence-corrected chi connectivity index (χ4v) is 0.994. The lowest BCUT2D eigenvalue weighted by Crippen LogP contribution is -2.41. The first kappa shape index (κ1) is 14.9. The average molecular weight is 242 g/mol. The van der Waals surface area contributed by atoms with Crippen LogP contribution in [-0.4, -0.2) is 40.1 Å². The summed E-state index contributed by atoms with van der Waals surface area (Å²) >= 11 is 0. The summed E-state index contributed by atoms with van der Waals surface area (Å²) < 4.78 is 0. The Balaban J connectivity index is 4.12. The van der Waals surface area contributed by atoms with Crippen molar-refractivity contribution in [2.24, 2.45) is 5.73 Å². The van der Waals surface area contributed by atoms with E-state index in [2.05, 4.69) is 11.2 Å². The van der Waals surface area contributed by atoms with Crippen molar-refractivity contribution in [3.8, 4) is 12.3 Å². The van der Waals surface area contributed by atoms with Gasteiger partial charge in [0.15, 0.2) is 0 Å². The van der Waals surface area contributed by atoms with E-state index in [0.717, 1.165) is 0 Å². The molecule has 0 aliphatic heterocycles. The zero-order valence-corrected chi connectivity index (χ0v) is 9.05. The number of terminal acetylenes is 1. The molecule has 2 atom stereocenters. The van der Waals surface area contributed by atoms with Crippen LogP contribution in [0.15, 0.2) is 0 Å². The molecule has 0 heterocycles. The molecule has 0 aromatic heterocycles. The monoisotopic (exact) mass is 242 g/mol. The molecule has 7 heteroatoms. The average Bonchev–Trinajstić information content (AvgIpc) is 2.24. The van der Waals surface area contributed by atoms with Gasteiger partial charge >= 0.3 is 11.9 Å². The molecule has 0 fully saturated rings. The Morgan fingerprint density at radius 2 is 1.88 bits per heavy atom. The van der Waals surface area contributed by atoms with Crippen molar-refractivity contribution < 1.29 is 24.6 Å². The molecule has 94 valence electrons. The number of nitrogens with two attached hydrogens (primary N) is 1. The highest BCUT2D eigenvalue weighted by molar-refractivity contribution is 5.84. The van der Waals surface area contributed by atoms with Crippen LogP contribution in [0.5, 0.6) is 0 Å². The van der Waals surface area contributed by atoms with Gasteiger partial charge in [0.05, 0.1) is 0 Å². The molecule has 0 rings (SSSR count). The Morgan fingerprint density at radius 1 is 1.29 bits per heavy atom. The Bertz CT molecular complexity index is 347. The molecule has 0 saturated carbocycles. The van der Waals surface area contributed by atoms with E-state index in [-0.39, 0.29) is 19.3 Å². The Labute approximate surface area is 98.0 Å². The number of hydrogen-bond acceptors (Lipinski definition) is 4. The Kier molecular flexibility index (Phi) is 6.36. The van der Waals surface area contributed by atoms with E-state index in [1.54, 1.807) is 0 Å². The summed E-state index contributed by atoms with van der Waals surface area (Å²) in [6.45, 7) is 0. The minimum Gasteiger partial charge on any atom is -0.480 e. The maximum atomic E-state index is 11.3. The van der Waals surface area contributed by atoms with Crippen molar-refractivity contribution in [3.05, 3.63) is 0 Å². The number of nitrogens with one attached hydrogen (secondary N) is 1. The third-order valence-electron chi connectivity index (χ3n) is 1.95. The summed E-state index contributed by atoms with van der Waals surface area (Å²) in [5.41, 5.74) is 5.19. The zero-order chi connectivity index (χ0) is 13.4. The molecule has 5 N–H and O–H groups in total. The van der Waals surface area contributed by atoms with E-state index >= 15 is 0 Å². The highest BCUT2D eigenvalue weighted by Gasteiger charge is 2.20. The number of hydrogen-bond donors (Lipinski definition) is 4. The van der Waals surface area contributed by atoms with Gasteiger partial charge in [-0.3, -0.25) is 9.59 Å². The lowest BCUT2D eigenvalue weighted by molar-refractivity contribution is -0.142. The number of carbonyl (C=O) groups is 3. The van der Waals surface area contributed by atoms with Gasteiger partial charge in [-0.2, -0.15) is 0 Å². The number of carboxylic acid groups (broad SMARTS) is 2. The van der Waals surface area contributed by atoms with Gasteiger partial charge in [-0.15, -0.1) is 12.3 Å². The number of rotatable bonds is 7. The van der Waals surface area contributed by atoms with Crippen LogP contribution in [0.2, 0.25) is 0 Å². The van der Waals surface area contributed by atoms with E-state index in [1.807, 2.05) is 0 Å². The van der Waals surface area contributed by atoms with Crippen LogP contribution in [0.25, 0.3) is 0 Å². The van der Waals surface area contributed by atoms with Crippen LogP contribution in [-0.2, 0) is 14.4 Å². The SMILES string of the molecule is C#CC[C@H](NC(=O)CC[C@H](N)C(=O)O)C(=O)O. The van der Waals surface area contributed by atoms with Gasteiger partial charge in [-0.25, -0.2) is 4.79 Å². The molecule has 0 saturated heterocycles. The van der Waals surface area contributed by atoms with E-state index in [9.17, 15) is 14.4 Å². The van der Waals surface area contributed by atoms with Gasteiger partial charge in [0, 0.05) is 12.8 Å². The Morgan fingerprint density at radius 3 is 2.29 bits per heavy atom. The quantitative estimate of drug-likeness (QED) is 0.414. The van der Waals surface area contributed by atoms with E-state index in [4.69, 9.17) is 22.4 Å². The highest BCUT2D eigenvalue weighted by Crippen LogP contribution is 1.97. The highest BCUT2D eigenvalue weighted by atomic mass is 16.4. The first-order valence-corrected chi connectivity index (χ1v) is 4.82. The van der Waals surface area contributed by atoms with E-state index in [0.29, 0.717) is 0 Å². The maximum Gasteiger partial charge on any atom is 0.327 e. The molecule has 0 radical (unpaired) electrons. The van der Waals surface area contributed by atoms with Gasteiger partial charge in [-0.05, 0) is 6.42 Å². The molecule has 0 bridgehead atoms. The van der Waals surface area contributed by atoms with E-state index in [1.165, 1.54) is 0 Å². The molecule has 0 spiro atoms. The predicted octanol–water partition coefficient (Wildman–Crippen LogP) is -1.23. The number of aliphatic carboxylic acids is 2. The summed E-state index contributed by atoms with van der Waals surface area (Å²) in [5.74, 6) is -0.919. The second-order valence-electron chi connectivity index (χ2n) is 3.35. The van der Waals surface area contributed by atoms with Crippen molar-refractivity contribution in [3.63, 3.8) is 0 Å². The lowest BCUT2D eigenvalue weighted by Gasteiger charge is -2.12. The van der Waals surface area contributed by atoms with Crippen LogP contribution in [0.1, 0.15) is 19.3 Å². The number of carbonyl (C=O) groups excluding carboxylic acids is 1. The van der Waals surface area contributed by atoms with Crippen LogP contribution in [0.3, 0.4) is 0 Å². The van der Waals surface area contributed by atoms with Crippen LogP contribution in [0, 0.1) is 12.3 Å². The third-order valence-corrected chi connectivity index (χ3v) is 1.95. The second kappa shape index (κ2) is 7.24. The smallest absolute Gasteiger partial charge is 0.327 e. The fraction of sp³-hybridized carbons (Fsp3) is 0.500. The summed E-state index contributed by atoms with van der Waals surface area (Å²) in [6, 6.07) is -2.30. The lowest BCUT2D eigenvalue weighted by atomic mass is 10.1. The minimum atomic E-state index is -1.24. The van der Waals surface area contributed by atoms with Gasteiger partial charge < -0.3 is 21.3 Å². The first-order chi connectivity index (χ1) is 7.88. The fourth-order valence-electron chi connectivity index (χ4n) is 0.994. The summed E-state index contributed by atoms with van der Waals surface area (Å²) in [6.07, 6.45) is 4.58. The van der Waals surface area contributed by atoms with Crippen molar-refractivity contribution in [2.45, 2.75) is 31.3 Å². The number of carboxylic acids is 2. The second-order valence-corrected chi connectivity index (χ2v) is 3.35. The summed E-state index contributed by atoms with van der Waals surface area (Å²) in [5, 5.41) is 19.3. The summed E-state index contributed by atoms with van der Waals surface area (Å²) in [7, 11) is 0. The molecule has 0 aliphatic rings. The predicted molar refractivity (Wildman–Crippen MR) is 57.9 cm³/mol. The van der Waals surface area contributed by atoms with Gasteiger partial charge in [0.1, 0.15) is 12.1 Å². The molecule has 0 aromatic carbocycles. The van der Waals surface area contributed by atoms with Crippen LogP contribution >= 0.6 is 0 Å². The Hall–Kier alpha value is -2.07. The normalized spacial score (nSPS) is 13.2. The molecular formula is C10H14N2O5. The molecular weight excluding hydrogens is 228 g/mol. The molecule has 0 unspecified atom stereocenters. The summed E-state index contributed by atoms with van der Waals surface area (Å²) in [4.78, 5) is 32.3. The van der Waals surface area contributed by atoms with E-state index < -0.39 is 29.9 Å². The van der Waals surface area contributed by atoms with Crippen LogP contribution in [0.4, 0.5) is 0 Å². The molecule has 1 amide bonds. The van der Waals surface area contributed by atoms with Gasteiger partial charge in [-0.1, -0.05) is 0 Å². The number of amides is 1. The molecule has 7 nitrogen and oxygen atoms in total. The first-order valence-electron chi connectivity index (χ1n) is 4.82. The molecule has 0 aliphatic carbocycles. The van der Waals surface area contributed by atoms with Crippen molar-refractivity contribution >= 4 is 17.8 Å². The topological polar surface area (TPSA) is 130 Å². The van der Waals surface area contributed by atoms with Crippen LogP contribution < -0.4 is 11.1 Å².